The third-order valence-electron chi connectivity index (χ3n) is 4.14. The van der Waals surface area contributed by atoms with Gasteiger partial charge in [0.05, 0.1) is 12.8 Å². The fourth-order valence-electron chi connectivity index (χ4n) is 2.68. The lowest BCUT2D eigenvalue weighted by molar-refractivity contribution is -0.140. The van der Waals surface area contributed by atoms with Gasteiger partial charge in [-0.1, -0.05) is 32.1 Å². The Morgan fingerprint density at radius 2 is 1.84 bits per heavy atom. The van der Waals surface area contributed by atoms with E-state index in [9.17, 15) is 9.59 Å². The zero-order valence-electron chi connectivity index (χ0n) is 15.2. The molecule has 1 aromatic rings. The summed E-state index contributed by atoms with van der Waals surface area (Å²) in [4.78, 5) is 29.6. The van der Waals surface area contributed by atoms with Gasteiger partial charge in [-0.2, -0.15) is 0 Å². The molecule has 0 radical (unpaired) electrons. The van der Waals surface area contributed by atoms with Gasteiger partial charge in [0.2, 0.25) is 0 Å². The maximum Gasteiger partial charge on any atom is 0.350 e. The van der Waals surface area contributed by atoms with Crippen LogP contribution < -0.4 is 10.6 Å². The Labute approximate surface area is 158 Å². The summed E-state index contributed by atoms with van der Waals surface area (Å²) >= 11 is 1.13. The molecule has 2 N–H and O–H groups in total. The fourth-order valence-corrected chi connectivity index (χ4v) is 3.77. The Kier molecular flexibility index (Phi) is 7.37. The number of esters is 1. The third-order valence-corrected chi connectivity index (χ3v) is 5.10. The van der Waals surface area contributed by atoms with Crippen molar-refractivity contribution >= 4 is 40.8 Å². The molecule has 0 atom stereocenters. The number of ether oxygens (including phenoxy) is 2. The van der Waals surface area contributed by atoms with Gasteiger partial charge < -0.3 is 14.8 Å². The lowest BCUT2D eigenvalue weighted by Gasteiger charge is -2.34. The molecule has 25 heavy (non-hydrogen) atoms. The fraction of sp³-hybridized carbons (Fsp3) is 0.688. The van der Waals surface area contributed by atoms with Gasteiger partial charge in [0.15, 0.2) is 5.13 Å². The number of anilines is 1. The normalized spacial score (nSPS) is 16.7. The number of aromatic nitrogens is 1. The number of hydrogen-bond donors (Lipinski definition) is 2. The highest BCUT2D eigenvalue weighted by Crippen LogP contribution is 2.33. The van der Waals surface area contributed by atoms with Crippen LogP contribution in [0.1, 0.15) is 49.0 Å². The summed E-state index contributed by atoms with van der Waals surface area (Å²) in [6, 6.07) is 0. The van der Waals surface area contributed by atoms with Gasteiger partial charge in [-0.05, 0) is 25.9 Å². The molecule has 2 rings (SSSR count). The molecule has 0 saturated carbocycles. The molecule has 0 bridgehead atoms. The van der Waals surface area contributed by atoms with Crippen LogP contribution in [0.5, 0.6) is 0 Å². The summed E-state index contributed by atoms with van der Waals surface area (Å²) in [5, 5.41) is 6.43. The van der Waals surface area contributed by atoms with Crippen molar-refractivity contribution in [2.24, 2.45) is 0 Å². The molecular formula is C16H26ClN3O4S. The lowest BCUT2D eigenvalue weighted by atomic mass is 9.91. The van der Waals surface area contributed by atoms with Gasteiger partial charge in [0.25, 0.3) is 5.91 Å². The number of rotatable bonds is 4. The summed E-state index contributed by atoms with van der Waals surface area (Å²) < 4.78 is 10.4. The highest BCUT2D eigenvalue weighted by molar-refractivity contribution is 7.17. The average molecular weight is 392 g/mol. The first kappa shape index (κ1) is 21.8. The Hall–Kier alpha value is -1.22. The second kappa shape index (κ2) is 8.44. The van der Waals surface area contributed by atoms with Crippen LogP contribution in [-0.4, -0.2) is 49.8 Å². The van der Waals surface area contributed by atoms with Crippen molar-refractivity contribution < 1.29 is 19.1 Å². The zero-order chi connectivity index (χ0) is 18.0. The molecule has 1 saturated heterocycles. The predicted molar refractivity (Wildman–Crippen MR) is 99.9 cm³/mol. The van der Waals surface area contributed by atoms with E-state index in [1.807, 2.05) is 20.8 Å². The van der Waals surface area contributed by atoms with Crippen molar-refractivity contribution in [3.63, 3.8) is 0 Å². The molecule has 9 heteroatoms. The first-order valence-corrected chi connectivity index (χ1v) is 8.72. The highest BCUT2D eigenvalue weighted by Gasteiger charge is 2.40. The number of nitrogens with zero attached hydrogens (tertiary/aromatic N) is 1. The largest absolute Gasteiger partial charge is 0.465 e. The molecule has 0 unspecified atom stereocenters. The number of amides is 1. The molecule has 1 aliphatic heterocycles. The van der Waals surface area contributed by atoms with Gasteiger partial charge in [-0.25, -0.2) is 9.78 Å². The van der Waals surface area contributed by atoms with Crippen molar-refractivity contribution in [3.05, 3.63) is 10.6 Å². The van der Waals surface area contributed by atoms with Crippen LogP contribution in [-0.2, 0) is 19.7 Å². The van der Waals surface area contributed by atoms with Crippen LogP contribution >= 0.6 is 23.7 Å². The van der Waals surface area contributed by atoms with E-state index < -0.39 is 11.6 Å². The molecular weight excluding hydrogens is 366 g/mol. The van der Waals surface area contributed by atoms with Crippen LogP contribution in [0.25, 0.3) is 0 Å². The van der Waals surface area contributed by atoms with E-state index in [1.54, 1.807) is 7.11 Å². The summed E-state index contributed by atoms with van der Waals surface area (Å²) in [5.74, 6) is -0.668. The van der Waals surface area contributed by atoms with Crippen molar-refractivity contribution in [1.29, 1.82) is 0 Å². The molecule has 0 aliphatic carbocycles. The highest BCUT2D eigenvalue weighted by atomic mass is 35.5. The molecule has 7 nitrogen and oxygen atoms in total. The number of halogens is 1. The molecule has 1 aromatic heterocycles. The van der Waals surface area contributed by atoms with Gasteiger partial charge in [-0.3, -0.25) is 10.1 Å². The average Bonchev–Trinajstić information content (AvgIpc) is 2.98. The summed E-state index contributed by atoms with van der Waals surface area (Å²) in [5.41, 5.74) is -0.576. The van der Waals surface area contributed by atoms with Crippen molar-refractivity contribution in [3.8, 4) is 0 Å². The minimum absolute atomic E-state index is 0. The molecule has 0 spiro atoms. The summed E-state index contributed by atoms with van der Waals surface area (Å²) in [6.45, 7) is 7.33. The van der Waals surface area contributed by atoms with E-state index in [0.717, 1.165) is 24.4 Å². The second-order valence-corrected chi connectivity index (χ2v) is 7.84. The van der Waals surface area contributed by atoms with E-state index in [2.05, 4.69) is 15.6 Å². The summed E-state index contributed by atoms with van der Waals surface area (Å²) in [6.07, 6.45) is 1.19. The van der Waals surface area contributed by atoms with Crippen LogP contribution in [0.4, 0.5) is 5.13 Å². The topological polar surface area (TPSA) is 89.5 Å². The first-order chi connectivity index (χ1) is 11.2. The van der Waals surface area contributed by atoms with Gasteiger partial charge in [-0.15, -0.1) is 12.4 Å². The second-order valence-electron chi connectivity index (χ2n) is 6.84. The molecule has 1 fully saturated rings. The maximum atomic E-state index is 12.7. The number of thiazole rings is 1. The third kappa shape index (κ3) is 4.69. The van der Waals surface area contributed by atoms with Crippen LogP contribution in [0.3, 0.4) is 0 Å². The Morgan fingerprint density at radius 1 is 1.24 bits per heavy atom. The van der Waals surface area contributed by atoms with Crippen molar-refractivity contribution in [2.75, 3.05) is 32.6 Å². The smallest absolute Gasteiger partial charge is 0.350 e. The quantitative estimate of drug-likeness (QED) is 0.766. The molecule has 0 aromatic carbocycles. The van der Waals surface area contributed by atoms with E-state index >= 15 is 0 Å². The monoisotopic (exact) mass is 391 g/mol. The van der Waals surface area contributed by atoms with Gasteiger partial charge in [0, 0.05) is 12.5 Å². The van der Waals surface area contributed by atoms with Crippen molar-refractivity contribution in [1.82, 2.24) is 10.3 Å². The van der Waals surface area contributed by atoms with E-state index in [4.69, 9.17) is 9.47 Å². The molecule has 2 heterocycles. The van der Waals surface area contributed by atoms with Crippen LogP contribution in [0, 0.1) is 0 Å². The minimum atomic E-state index is -0.857. The van der Waals surface area contributed by atoms with Crippen LogP contribution in [0.15, 0.2) is 0 Å². The predicted octanol–water partition coefficient (Wildman–Crippen LogP) is 2.36. The zero-order valence-corrected chi connectivity index (χ0v) is 16.9. The number of hydrogen-bond acceptors (Lipinski definition) is 7. The SMILES string of the molecule is COC(=O)c1sc(NC(=O)C2(OC)CCNCC2)nc1C(C)(C)C.Cl. The molecule has 142 valence electrons. The number of methoxy groups -OCH3 is 2. The lowest BCUT2D eigenvalue weighted by Crippen LogP contribution is -2.51. The first-order valence-electron chi connectivity index (χ1n) is 7.90. The van der Waals surface area contributed by atoms with Gasteiger partial charge in [0.1, 0.15) is 10.5 Å². The maximum absolute atomic E-state index is 12.7. The van der Waals surface area contributed by atoms with E-state index in [1.165, 1.54) is 7.11 Å². The van der Waals surface area contributed by atoms with E-state index in [-0.39, 0.29) is 23.7 Å². The standard InChI is InChI=1S/C16H25N3O4S.ClH/c1-15(2,3)11-10(12(20)22-4)24-14(18-11)19-13(21)16(23-5)6-8-17-9-7-16;/h17H,6-9H2,1-5H3,(H,18,19,21);1H. The van der Waals surface area contributed by atoms with Crippen molar-refractivity contribution in [2.45, 2.75) is 44.6 Å². The summed E-state index contributed by atoms with van der Waals surface area (Å²) in [7, 11) is 2.88. The molecule has 1 amide bonds. The number of piperidine rings is 1. The number of carbonyl (C=O) groups excluding carboxylic acids is 2. The van der Waals surface area contributed by atoms with E-state index in [0.29, 0.717) is 28.5 Å². The number of nitrogens with one attached hydrogen (secondary N) is 2. The van der Waals surface area contributed by atoms with Gasteiger partial charge >= 0.3 is 5.97 Å². The Morgan fingerprint density at radius 3 is 2.32 bits per heavy atom. The Bertz CT molecular complexity index is 621. The number of carbonyl (C=O) groups is 2. The van der Waals surface area contributed by atoms with Crippen LogP contribution in [0.2, 0.25) is 0 Å². The molecule has 1 aliphatic rings. The Balaban J connectivity index is 0.00000312. The minimum Gasteiger partial charge on any atom is -0.465 e.